The van der Waals surface area contributed by atoms with Crippen molar-refractivity contribution in [3.8, 4) is 0 Å². The van der Waals surface area contributed by atoms with E-state index in [4.69, 9.17) is 4.74 Å². The molecule has 0 saturated carbocycles. The molecule has 0 bridgehead atoms. The minimum atomic E-state index is -0.259. The number of nitrogens with zero attached hydrogens (tertiary/aromatic N) is 1. The van der Waals surface area contributed by atoms with Crippen molar-refractivity contribution >= 4 is 5.91 Å². The molecule has 1 aromatic rings. The third kappa shape index (κ3) is 2.53. The second-order valence-corrected chi connectivity index (χ2v) is 4.79. The van der Waals surface area contributed by atoms with Gasteiger partial charge in [0.25, 0.3) is 0 Å². The Bertz CT molecular complexity index is 436. The Morgan fingerprint density at radius 3 is 3.00 bits per heavy atom. The highest BCUT2D eigenvalue weighted by atomic mass is 19.1. The van der Waals surface area contributed by atoms with Crippen LogP contribution in [-0.2, 0) is 9.53 Å². The molecule has 18 heavy (non-hydrogen) atoms. The molecule has 2 atom stereocenters. The normalized spacial score (nSPS) is 23.4. The van der Waals surface area contributed by atoms with Gasteiger partial charge in [0.15, 0.2) is 0 Å². The third-order valence-electron chi connectivity index (χ3n) is 3.48. The molecule has 1 amide bonds. The monoisotopic (exact) mass is 251 g/mol. The maximum Gasteiger partial charge on any atom is 0.249 e. The first-order valence-electron chi connectivity index (χ1n) is 6.17. The highest BCUT2D eigenvalue weighted by Crippen LogP contribution is 2.37. The fraction of sp³-hybridized carbons (Fsp3) is 0.500. The van der Waals surface area contributed by atoms with E-state index in [0.717, 1.165) is 12.0 Å². The van der Waals surface area contributed by atoms with Gasteiger partial charge >= 0.3 is 0 Å². The molecule has 1 fully saturated rings. The number of hydrogen-bond donors (Lipinski definition) is 0. The molecule has 0 spiro atoms. The van der Waals surface area contributed by atoms with Crippen molar-refractivity contribution in [2.75, 3.05) is 20.3 Å². The number of carbonyl (C=O) groups is 1. The van der Waals surface area contributed by atoms with Gasteiger partial charge in [0.1, 0.15) is 12.4 Å². The first-order valence-corrected chi connectivity index (χ1v) is 6.17. The zero-order valence-electron chi connectivity index (χ0n) is 10.7. The summed E-state index contributed by atoms with van der Waals surface area (Å²) in [5.41, 5.74) is 0.865. The fourth-order valence-corrected chi connectivity index (χ4v) is 2.63. The Balaban J connectivity index is 2.25. The number of ether oxygens (including phenoxy) is 1. The number of methoxy groups -OCH3 is 1. The van der Waals surface area contributed by atoms with E-state index >= 15 is 0 Å². The van der Waals surface area contributed by atoms with Crippen LogP contribution in [0.1, 0.15) is 24.9 Å². The second-order valence-electron chi connectivity index (χ2n) is 4.79. The zero-order chi connectivity index (χ0) is 13.1. The first kappa shape index (κ1) is 13.0. The van der Waals surface area contributed by atoms with E-state index in [1.165, 1.54) is 19.2 Å². The summed E-state index contributed by atoms with van der Waals surface area (Å²) in [7, 11) is 1.51. The molecule has 1 aliphatic heterocycles. The molecular weight excluding hydrogens is 233 g/mol. The van der Waals surface area contributed by atoms with Crippen LogP contribution in [0.2, 0.25) is 0 Å². The molecule has 0 aromatic heterocycles. The number of amides is 1. The van der Waals surface area contributed by atoms with Gasteiger partial charge in [-0.2, -0.15) is 0 Å². The van der Waals surface area contributed by atoms with Gasteiger partial charge in [0.2, 0.25) is 5.91 Å². The highest BCUT2D eigenvalue weighted by Gasteiger charge is 2.35. The fourth-order valence-electron chi connectivity index (χ4n) is 2.63. The van der Waals surface area contributed by atoms with Crippen molar-refractivity contribution in [2.24, 2.45) is 5.92 Å². The van der Waals surface area contributed by atoms with Crippen molar-refractivity contribution in [2.45, 2.75) is 19.4 Å². The lowest BCUT2D eigenvalue weighted by Gasteiger charge is -2.27. The lowest BCUT2D eigenvalue weighted by Crippen LogP contribution is -2.34. The van der Waals surface area contributed by atoms with Crippen molar-refractivity contribution in [3.05, 3.63) is 35.6 Å². The second kappa shape index (κ2) is 5.48. The maximum atomic E-state index is 13.3. The first-order chi connectivity index (χ1) is 8.63. The number of carbonyl (C=O) groups excluding carboxylic acids is 1. The molecular formula is C14H18FNO2. The summed E-state index contributed by atoms with van der Waals surface area (Å²) in [5.74, 6) is 0.0504. The van der Waals surface area contributed by atoms with Crippen molar-refractivity contribution in [1.82, 2.24) is 4.90 Å². The molecule has 0 N–H and O–H groups in total. The van der Waals surface area contributed by atoms with E-state index in [1.807, 2.05) is 6.07 Å². The number of hydrogen-bond acceptors (Lipinski definition) is 2. The molecule has 2 rings (SSSR count). The SMILES string of the molecule is COCC(=O)N1CCC(C)C1c1cccc(F)c1. The standard InChI is InChI=1S/C14H18FNO2/c1-10-6-7-16(13(17)9-18-2)14(10)11-4-3-5-12(15)8-11/h3-5,8,10,14H,6-7,9H2,1-2H3. The number of halogens is 1. The van der Waals surface area contributed by atoms with Gasteiger partial charge in [-0.05, 0) is 30.0 Å². The van der Waals surface area contributed by atoms with E-state index in [0.29, 0.717) is 12.5 Å². The summed E-state index contributed by atoms with van der Waals surface area (Å²) >= 11 is 0. The van der Waals surface area contributed by atoms with Gasteiger partial charge in [-0.15, -0.1) is 0 Å². The summed E-state index contributed by atoms with van der Waals surface area (Å²) in [6.07, 6.45) is 0.941. The van der Waals surface area contributed by atoms with Crippen LogP contribution in [0, 0.1) is 11.7 Å². The van der Waals surface area contributed by atoms with Crippen LogP contribution in [-0.4, -0.2) is 31.1 Å². The molecule has 0 radical (unpaired) electrons. The number of likely N-dealkylation sites (tertiary alicyclic amines) is 1. The van der Waals surface area contributed by atoms with Crippen LogP contribution in [0.15, 0.2) is 24.3 Å². The van der Waals surface area contributed by atoms with Crippen LogP contribution >= 0.6 is 0 Å². The lowest BCUT2D eigenvalue weighted by molar-refractivity contribution is -0.136. The summed E-state index contributed by atoms with van der Waals surface area (Å²) < 4.78 is 18.2. The van der Waals surface area contributed by atoms with Crippen LogP contribution in [0.4, 0.5) is 4.39 Å². The quantitative estimate of drug-likeness (QED) is 0.825. The molecule has 3 nitrogen and oxygen atoms in total. The van der Waals surface area contributed by atoms with Crippen LogP contribution in [0.3, 0.4) is 0 Å². The topological polar surface area (TPSA) is 29.5 Å². The predicted octanol–water partition coefficient (Wildman–Crippen LogP) is 2.38. The minimum absolute atomic E-state index is 0.0314. The molecule has 0 aliphatic carbocycles. The molecule has 2 unspecified atom stereocenters. The Morgan fingerprint density at radius 2 is 2.33 bits per heavy atom. The van der Waals surface area contributed by atoms with E-state index < -0.39 is 0 Å². The molecule has 1 heterocycles. The van der Waals surface area contributed by atoms with E-state index in [1.54, 1.807) is 11.0 Å². The van der Waals surface area contributed by atoms with Gasteiger partial charge in [0, 0.05) is 13.7 Å². The average molecular weight is 251 g/mol. The summed E-state index contributed by atoms with van der Waals surface area (Å²) in [5, 5.41) is 0. The maximum absolute atomic E-state index is 13.3. The molecule has 1 aliphatic rings. The van der Waals surface area contributed by atoms with E-state index in [9.17, 15) is 9.18 Å². The summed E-state index contributed by atoms with van der Waals surface area (Å²) in [6, 6.07) is 6.46. The van der Waals surface area contributed by atoms with Crippen molar-refractivity contribution < 1.29 is 13.9 Å². The van der Waals surface area contributed by atoms with Gasteiger partial charge < -0.3 is 9.64 Å². The average Bonchev–Trinajstić information content (AvgIpc) is 2.71. The highest BCUT2D eigenvalue weighted by molar-refractivity contribution is 5.78. The van der Waals surface area contributed by atoms with Gasteiger partial charge in [-0.3, -0.25) is 4.79 Å². The Hall–Kier alpha value is -1.42. The smallest absolute Gasteiger partial charge is 0.249 e. The summed E-state index contributed by atoms with van der Waals surface area (Å²) in [6.45, 7) is 2.89. The number of benzene rings is 1. The molecule has 1 saturated heterocycles. The molecule has 98 valence electrons. The lowest BCUT2D eigenvalue weighted by atomic mass is 9.95. The Morgan fingerprint density at radius 1 is 1.56 bits per heavy atom. The number of rotatable bonds is 3. The van der Waals surface area contributed by atoms with Crippen molar-refractivity contribution in [1.29, 1.82) is 0 Å². The largest absolute Gasteiger partial charge is 0.375 e. The molecule has 1 aromatic carbocycles. The third-order valence-corrected chi connectivity index (χ3v) is 3.48. The predicted molar refractivity (Wildman–Crippen MR) is 66.5 cm³/mol. The van der Waals surface area contributed by atoms with Crippen LogP contribution in [0.25, 0.3) is 0 Å². The van der Waals surface area contributed by atoms with Crippen molar-refractivity contribution in [3.63, 3.8) is 0 Å². The van der Waals surface area contributed by atoms with Crippen LogP contribution in [0.5, 0.6) is 0 Å². The molecule has 4 heteroatoms. The summed E-state index contributed by atoms with van der Waals surface area (Å²) in [4.78, 5) is 13.8. The van der Waals surface area contributed by atoms with Gasteiger partial charge in [-0.25, -0.2) is 4.39 Å². The van der Waals surface area contributed by atoms with E-state index in [2.05, 4.69) is 6.92 Å². The minimum Gasteiger partial charge on any atom is -0.375 e. The van der Waals surface area contributed by atoms with Gasteiger partial charge in [-0.1, -0.05) is 19.1 Å². The van der Waals surface area contributed by atoms with E-state index in [-0.39, 0.29) is 24.4 Å². The zero-order valence-corrected chi connectivity index (χ0v) is 10.7. The van der Waals surface area contributed by atoms with Gasteiger partial charge in [0.05, 0.1) is 6.04 Å². The Kier molecular flexibility index (Phi) is 3.97. The van der Waals surface area contributed by atoms with Crippen LogP contribution < -0.4 is 0 Å². The Labute approximate surface area is 107 Å².